The normalized spacial score (nSPS) is 10.7. The Balaban J connectivity index is 1.82. The highest BCUT2D eigenvalue weighted by Crippen LogP contribution is 2.27. The van der Waals surface area contributed by atoms with Crippen LogP contribution in [0.15, 0.2) is 41.6 Å². The zero-order chi connectivity index (χ0) is 19.4. The summed E-state index contributed by atoms with van der Waals surface area (Å²) in [6.45, 7) is 4.01. The van der Waals surface area contributed by atoms with Crippen molar-refractivity contribution < 1.29 is 14.3 Å². The van der Waals surface area contributed by atoms with Gasteiger partial charge in [0.2, 0.25) is 5.16 Å². The second-order valence-electron chi connectivity index (χ2n) is 5.94. The minimum Gasteiger partial charge on any atom is -0.497 e. The topological polar surface area (TPSA) is 79.1 Å². The fourth-order valence-electron chi connectivity index (χ4n) is 2.61. The number of rotatable bonds is 7. The molecule has 0 bridgehead atoms. The lowest BCUT2D eigenvalue weighted by Crippen LogP contribution is -2.07. The van der Waals surface area contributed by atoms with Crippen LogP contribution in [-0.2, 0) is 0 Å². The van der Waals surface area contributed by atoms with Gasteiger partial charge in [-0.1, -0.05) is 23.9 Å². The van der Waals surface area contributed by atoms with Crippen LogP contribution in [0.4, 0.5) is 0 Å². The molecule has 8 heteroatoms. The number of hydrogen-bond donors (Lipinski definition) is 0. The van der Waals surface area contributed by atoms with Crippen LogP contribution in [0, 0.1) is 13.8 Å². The fourth-order valence-corrected chi connectivity index (χ4v) is 3.37. The van der Waals surface area contributed by atoms with Gasteiger partial charge in [-0.2, -0.15) is 4.68 Å². The van der Waals surface area contributed by atoms with Crippen LogP contribution in [-0.4, -0.2) is 46.0 Å². The summed E-state index contributed by atoms with van der Waals surface area (Å²) in [6, 6.07) is 11.2. The lowest BCUT2D eigenvalue weighted by molar-refractivity contribution is 0.101. The molecular formula is C19H20N4O3S. The SMILES string of the molecule is COc1ccc(OC)c(C(=O)CSc2nnnn2-c2cc(C)ccc2C)c1. The number of methoxy groups -OCH3 is 2. The summed E-state index contributed by atoms with van der Waals surface area (Å²) < 4.78 is 12.2. The van der Waals surface area contributed by atoms with E-state index in [0.29, 0.717) is 22.2 Å². The van der Waals surface area contributed by atoms with Gasteiger partial charge in [-0.25, -0.2) is 0 Å². The van der Waals surface area contributed by atoms with E-state index in [1.165, 1.54) is 18.9 Å². The second kappa shape index (κ2) is 8.22. The van der Waals surface area contributed by atoms with Crippen LogP contribution >= 0.6 is 11.8 Å². The van der Waals surface area contributed by atoms with E-state index in [2.05, 4.69) is 15.5 Å². The number of aromatic nitrogens is 4. The maximum atomic E-state index is 12.7. The molecule has 0 aliphatic carbocycles. The van der Waals surface area contributed by atoms with Crippen molar-refractivity contribution in [2.24, 2.45) is 0 Å². The van der Waals surface area contributed by atoms with Crippen molar-refractivity contribution in [2.45, 2.75) is 19.0 Å². The summed E-state index contributed by atoms with van der Waals surface area (Å²) in [5.74, 6) is 1.19. The predicted molar refractivity (Wildman–Crippen MR) is 103 cm³/mol. The maximum Gasteiger partial charge on any atom is 0.214 e. The molecule has 27 heavy (non-hydrogen) atoms. The van der Waals surface area contributed by atoms with Gasteiger partial charge in [-0.3, -0.25) is 4.79 Å². The van der Waals surface area contributed by atoms with Crippen LogP contribution in [0.2, 0.25) is 0 Å². The Morgan fingerprint density at radius 1 is 1.11 bits per heavy atom. The van der Waals surface area contributed by atoms with Crippen LogP contribution in [0.5, 0.6) is 11.5 Å². The highest BCUT2D eigenvalue weighted by atomic mass is 32.2. The first-order chi connectivity index (χ1) is 13.0. The number of benzene rings is 2. The molecule has 3 rings (SSSR count). The molecule has 0 spiro atoms. The van der Waals surface area contributed by atoms with E-state index < -0.39 is 0 Å². The Labute approximate surface area is 161 Å². The maximum absolute atomic E-state index is 12.7. The Kier molecular flexibility index (Phi) is 5.75. The van der Waals surface area contributed by atoms with E-state index >= 15 is 0 Å². The third-order valence-electron chi connectivity index (χ3n) is 4.07. The Bertz CT molecular complexity index is 971. The van der Waals surface area contributed by atoms with Gasteiger partial charge in [0, 0.05) is 0 Å². The number of tetrazole rings is 1. The van der Waals surface area contributed by atoms with Gasteiger partial charge in [-0.05, 0) is 59.7 Å². The first-order valence-corrected chi connectivity index (χ1v) is 9.26. The molecule has 1 heterocycles. The van der Waals surface area contributed by atoms with Crippen molar-refractivity contribution >= 4 is 17.5 Å². The van der Waals surface area contributed by atoms with E-state index in [-0.39, 0.29) is 11.5 Å². The van der Waals surface area contributed by atoms with E-state index in [1.54, 1.807) is 30.0 Å². The Morgan fingerprint density at radius 2 is 1.93 bits per heavy atom. The van der Waals surface area contributed by atoms with Gasteiger partial charge in [-0.15, -0.1) is 5.10 Å². The lowest BCUT2D eigenvalue weighted by Gasteiger charge is -2.10. The van der Waals surface area contributed by atoms with Crippen molar-refractivity contribution in [3.8, 4) is 17.2 Å². The summed E-state index contributed by atoms with van der Waals surface area (Å²) >= 11 is 1.28. The smallest absolute Gasteiger partial charge is 0.214 e. The van der Waals surface area contributed by atoms with Gasteiger partial charge >= 0.3 is 0 Å². The number of Topliss-reactive ketones (excluding diaryl/α,β-unsaturated/α-hetero) is 1. The zero-order valence-electron chi connectivity index (χ0n) is 15.6. The molecule has 0 amide bonds. The number of nitrogens with zero attached hydrogens (tertiary/aromatic N) is 4. The first kappa shape index (κ1) is 18.9. The van der Waals surface area contributed by atoms with Crippen LogP contribution in [0.3, 0.4) is 0 Å². The Hall–Kier alpha value is -2.87. The number of ketones is 1. The molecule has 3 aromatic rings. The van der Waals surface area contributed by atoms with Crippen molar-refractivity contribution in [1.29, 1.82) is 0 Å². The third kappa shape index (κ3) is 4.11. The minimum absolute atomic E-state index is 0.0914. The van der Waals surface area contributed by atoms with E-state index in [9.17, 15) is 4.79 Å². The standard InChI is InChI=1S/C19H20N4O3S/c1-12-5-6-13(2)16(9-12)23-19(20-21-22-23)27-11-17(24)15-10-14(25-3)7-8-18(15)26-4/h5-10H,11H2,1-4H3. The van der Waals surface area contributed by atoms with Gasteiger partial charge in [0.05, 0.1) is 31.2 Å². The average molecular weight is 384 g/mol. The zero-order valence-corrected chi connectivity index (χ0v) is 16.4. The molecule has 0 radical (unpaired) electrons. The molecule has 7 nitrogen and oxygen atoms in total. The van der Waals surface area contributed by atoms with Gasteiger partial charge < -0.3 is 9.47 Å². The van der Waals surface area contributed by atoms with Crippen molar-refractivity contribution in [3.05, 3.63) is 53.1 Å². The van der Waals surface area contributed by atoms with Crippen molar-refractivity contribution in [2.75, 3.05) is 20.0 Å². The third-order valence-corrected chi connectivity index (χ3v) is 4.99. The van der Waals surface area contributed by atoms with E-state index in [4.69, 9.17) is 9.47 Å². The first-order valence-electron chi connectivity index (χ1n) is 8.27. The van der Waals surface area contributed by atoms with Crippen molar-refractivity contribution in [3.63, 3.8) is 0 Å². The van der Waals surface area contributed by atoms with Gasteiger partial charge in [0.25, 0.3) is 0 Å². The number of carbonyl (C=O) groups is 1. The van der Waals surface area contributed by atoms with Gasteiger partial charge in [0.1, 0.15) is 11.5 Å². The lowest BCUT2D eigenvalue weighted by atomic mass is 10.1. The number of thioether (sulfide) groups is 1. The Morgan fingerprint density at radius 3 is 2.67 bits per heavy atom. The second-order valence-corrected chi connectivity index (χ2v) is 6.88. The number of carbonyl (C=O) groups excluding carboxylic acids is 1. The summed E-state index contributed by atoms with van der Waals surface area (Å²) in [6.07, 6.45) is 0. The van der Waals surface area contributed by atoms with Crippen LogP contribution in [0.25, 0.3) is 5.69 Å². The summed E-state index contributed by atoms with van der Waals surface area (Å²) in [7, 11) is 3.09. The summed E-state index contributed by atoms with van der Waals surface area (Å²) in [5, 5.41) is 12.5. The minimum atomic E-state index is -0.0914. The molecule has 140 valence electrons. The molecule has 0 N–H and O–H groups in total. The van der Waals surface area contributed by atoms with E-state index in [1.807, 2.05) is 32.0 Å². The fraction of sp³-hybridized carbons (Fsp3) is 0.263. The highest BCUT2D eigenvalue weighted by molar-refractivity contribution is 7.99. The number of aryl methyl sites for hydroxylation is 2. The van der Waals surface area contributed by atoms with Crippen LogP contribution < -0.4 is 9.47 Å². The monoisotopic (exact) mass is 384 g/mol. The molecule has 0 atom stereocenters. The molecule has 1 aromatic heterocycles. The largest absolute Gasteiger partial charge is 0.497 e. The molecule has 0 aliphatic rings. The average Bonchev–Trinajstić information content (AvgIpc) is 3.15. The molecule has 0 aliphatic heterocycles. The predicted octanol–water partition coefficient (Wildman–Crippen LogP) is 3.27. The summed E-state index contributed by atoms with van der Waals surface area (Å²) in [5.41, 5.74) is 3.53. The molecule has 0 saturated heterocycles. The van der Waals surface area contributed by atoms with Crippen molar-refractivity contribution in [1.82, 2.24) is 20.2 Å². The number of hydrogen-bond acceptors (Lipinski definition) is 7. The molecule has 0 fully saturated rings. The highest BCUT2D eigenvalue weighted by Gasteiger charge is 2.17. The van der Waals surface area contributed by atoms with Crippen LogP contribution in [0.1, 0.15) is 21.5 Å². The molecule has 2 aromatic carbocycles. The summed E-state index contributed by atoms with van der Waals surface area (Å²) in [4.78, 5) is 12.7. The molecule has 0 unspecified atom stereocenters. The van der Waals surface area contributed by atoms with Gasteiger partial charge in [0.15, 0.2) is 5.78 Å². The quantitative estimate of drug-likeness (QED) is 0.457. The number of ether oxygens (including phenoxy) is 2. The van der Waals surface area contributed by atoms with E-state index in [0.717, 1.165) is 16.8 Å². The molecule has 0 saturated carbocycles. The molecular weight excluding hydrogens is 364 g/mol.